The van der Waals surface area contributed by atoms with Crippen LogP contribution in [0.1, 0.15) is 36.5 Å². The summed E-state index contributed by atoms with van der Waals surface area (Å²) in [5.74, 6) is 1.04. The Kier molecular flexibility index (Phi) is 6.40. The number of carbonyl (C=O) groups excluding carboxylic acids is 2. The molecule has 170 valence electrons. The number of ether oxygens (including phenoxy) is 2. The minimum atomic E-state index is -0.316. The summed E-state index contributed by atoms with van der Waals surface area (Å²) in [5.41, 5.74) is 3.43. The van der Waals surface area contributed by atoms with Gasteiger partial charge in [-0.15, -0.1) is 0 Å². The monoisotopic (exact) mass is 436 g/mol. The fourth-order valence-electron chi connectivity index (χ4n) is 4.96. The topological polar surface area (TPSA) is 59.1 Å². The smallest absolute Gasteiger partial charge is 0.228 e. The number of benzene rings is 2. The second kappa shape index (κ2) is 9.23. The van der Waals surface area contributed by atoms with Crippen molar-refractivity contribution in [3.8, 4) is 11.5 Å². The fourth-order valence-corrected chi connectivity index (χ4v) is 4.96. The number of hydrogen-bond donors (Lipinski definition) is 0. The molecule has 2 aromatic carbocycles. The van der Waals surface area contributed by atoms with Crippen LogP contribution in [-0.2, 0) is 22.6 Å². The molecular weight excluding hydrogens is 404 g/mol. The van der Waals surface area contributed by atoms with Crippen LogP contribution in [0.25, 0.3) is 0 Å². The lowest BCUT2D eigenvalue weighted by Gasteiger charge is -2.32. The predicted molar refractivity (Wildman–Crippen MR) is 123 cm³/mol. The molecule has 2 aliphatic rings. The number of hydrogen-bond acceptors (Lipinski definition) is 4. The third kappa shape index (κ3) is 4.18. The number of carbonyl (C=O) groups is 2. The summed E-state index contributed by atoms with van der Waals surface area (Å²) in [6.07, 6.45) is 0.858. The Morgan fingerprint density at radius 3 is 2.41 bits per heavy atom. The maximum Gasteiger partial charge on any atom is 0.228 e. The molecule has 6 nitrogen and oxygen atoms in total. The first-order valence-electron chi connectivity index (χ1n) is 11.3. The van der Waals surface area contributed by atoms with Gasteiger partial charge in [0.2, 0.25) is 11.8 Å². The molecule has 2 aliphatic heterocycles. The van der Waals surface area contributed by atoms with E-state index in [1.807, 2.05) is 54.0 Å². The molecule has 2 unspecified atom stereocenters. The highest BCUT2D eigenvalue weighted by Gasteiger charge is 2.44. The molecule has 2 aromatic rings. The summed E-state index contributed by atoms with van der Waals surface area (Å²) in [4.78, 5) is 30.5. The van der Waals surface area contributed by atoms with Gasteiger partial charge in [0, 0.05) is 43.6 Å². The van der Waals surface area contributed by atoms with Crippen molar-refractivity contribution >= 4 is 11.8 Å². The van der Waals surface area contributed by atoms with Gasteiger partial charge in [0.25, 0.3) is 0 Å². The molecule has 0 spiro atoms. The minimum absolute atomic E-state index is 0.0798. The normalized spacial score (nSPS) is 20.3. The number of methoxy groups -OCH3 is 2. The van der Waals surface area contributed by atoms with Gasteiger partial charge in [0.1, 0.15) is 11.5 Å². The Bertz CT molecular complexity index is 1000. The van der Waals surface area contributed by atoms with Crippen molar-refractivity contribution in [3.05, 3.63) is 59.2 Å². The van der Waals surface area contributed by atoms with Crippen LogP contribution in [0.4, 0.5) is 0 Å². The van der Waals surface area contributed by atoms with E-state index in [9.17, 15) is 9.59 Å². The van der Waals surface area contributed by atoms with Crippen LogP contribution in [0.3, 0.4) is 0 Å². The summed E-state index contributed by atoms with van der Waals surface area (Å²) in [7, 11) is 3.26. The van der Waals surface area contributed by atoms with Gasteiger partial charge in [-0.2, -0.15) is 0 Å². The Morgan fingerprint density at radius 1 is 0.969 bits per heavy atom. The zero-order valence-corrected chi connectivity index (χ0v) is 19.3. The number of rotatable bonds is 5. The lowest BCUT2D eigenvalue weighted by Crippen LogP contribution is -2.42. The second-order valence-corrected chi connectivity index (χ2v) is 9.00. The molecule has 32 heavy (non-hydrogen) atoms. The SMILES string of the molecule is COc1ccc(OC)c(C2CN(C(=O)C(C)C)CC2C(=O)N2CCc3ccccc3C2)c1. The van der Waals surface area contributed by atoms with E-state index < -0.39 is 0 Å². The van der Waals surface area contributed by atoms with Gasteiger partial charge in [-0.05, 0) is 35.7 Å². The molecule has 1 saturated heterocycles. The van der Waals surface area contributed by atoms with E-state index in [-0.39, 0.29) is 29.6 Å². The Labute approximate surface area is 190 Å². The summed E-state index contributed by atoms with van der Waals surface area (Å²) in [6.45, 7) is 6.05. The summed E-state index contributed by atoms with van der Waals surface area (Å²) in [5, 5.41) is 0. The Balaban J connectivity index is 1.66. The van der Waals surface area contributed by atoms with Gasteiger partial charge in [-0.3, -0.25) is 9.59 Å². The van der Waals surface area contributed by atoms with E-state index in [1.165, 1.54) is 11.1 Å². The third-order valence-electron chi connectivity index (χ3n) is 6.72. The molecule has 2 heterocycles. The first-order valence-corrected chi connectivity index (χ1v) is 11.3. The van der Waals surface area contributed by atoms with Gasteiger partial charge >= 0.3 is 0 Å². The van der Waals surface area contributed by atoms with Gasteiger partial charge in [0.15, 0.2) is 0 Å². The second-order valence-electron chi connectivity index (χ2n) is 9.00. The molecule has 2 amide bonds. The van der Waals surface area contributed by atoms with Crippen LogP contribution < -0.4 is 9.47 Å². The van der Waals surface area contributed by atoms with Crippen LogP contribution in [0.2, 0.25) is 0 Å². The molecule has 0 aliphatic carbocycles. The van der Waals surface area contributed by atoms with Gasteiger partial charge in [-0.1, -0.05) is 38.1 Å². The van der Waals surface area contributed by atoms with Crippen molar-refractivity contribution in [2.45, 2.75) is 32.7 Å². The molecule has 0 saturated carbocycles. The molecule has 2 atom stereocenters. The minimum Gasteiger partial charge on any atom is -0.497 e. The van der Waals surface area contributed by atoms with Crippen molar-refractivity contribution in [2.75, 3.05) is 33.9 Å². The zero-order chi connectivity index (χ0) is 22.8. The van der Waals surface area contributed by atoms with Crippen molar-refractivity contribution in [1.29, 1.82) is 0 Å². The number of likely N-dealkylation sites (tertiary alicyclic amines) is 1. The summed E-state index contributed by atoms with van der Waals surface area (Å²) in [6, 6.07) is 14.0. The van der Waals surface area contributed by atoms with Crippen molar-refractivity contribution in [1.82, 2.24) is 9.80 Å². The highest BCUT2D eigenvalue weighted by atomic mass is 16.5. The fraction of sp³-hybridized carbons (Fsp3) is 0.462. The van der Waals surface area contributed by atoms with E-state index in [1.54, 1.807) is 14.2 Å². The lowest BCUT2D eigenvalue weighted by atomic mass is 9.86. The molecule has 0 radical (unpaired) electrons. The van der Waals surface area contributed by atoms with Crippen LogP contribution >= 0.6 is 0 Å². The third-order valence-corrected chi connectivity index (χ3v) is 6.72. The van der Waals surface area contributed by atoms with Gasteiger partial charge in [0.05, 0.1) is 20.1 Å². The highest BCUT2D eigenvalue weighted by molar-refractivity contribution is 5.84. The van der Waals surface area contributed by atoms with E-state index >= 15 is 0 Å². The number of nitrogens with zero attached hydrogens (tertiary/aromatic N) is 2. The molecular formula is C26H32N2O4. The van der Waals surface area contributed by atoms with E-state index in [0.717, 1.165) is 17.7 Å². The first-order chi connectivity index (χ1) is 15.4. The van der Waals surface area contributed by atoms with Crippen molar-refractivity contribution < 1.29 is 19.1 Å². The average Bonchev–Trinajstić information content (AvgIpc) is 3.27. The zero-order valence-electron chi connectivity index (χ0n) is 19.3. The molecule has 0 bridgehead atoms. The van der Waals surface area contributed by atoms with E-state index in [0.29, 0.717) is 31.9 Å². The molecule has 0 N–H and O–H groups in total. The lowest BCUT2D eigenvalue weighted by molar-refractivity contribution is -0.137. The van der Waals surface area contributed by atoms with E-state index in [2.05, 4.69) is 12.1 Å². The van der Waals surface area contributed by atoms with Crippen LogP contribution in [0, 0.1) is 11.8 Å². The van der Waals surface area contributed by atoms with Crippen LogP contribution in [-0.4, -0.2) is 55.5 Å². The van der Waals surface area contributed by atoms with Crippen molar-refractivity contribution in [3.63, 3.8) is 0 Å². The summed E-state index contributed by atoms with van der Waals surface area (Å²) >= 11 is 0. The molecule has 4 rings (SSSR count). The molecule has 0 aromatic heterocycles. The standard InChI is InChI=1S/C26H32N2O4/c1-17(2)25(29)28-15-22(21-13-20(31-3)9-10-24(21)32-4)23(16-28)26(30)27-12-11-18-7-5-6-8-19(18)14-27/h5-10,13,17,22-23H,11-12,14-16H2,1-4H3. The number of amides is 2. The van der Waals surface area contributed by atoms with Crippen LogP contribution in [0.15, 0.2) is 42.5 Å². The first kappa shape index (κ1) is 22.2. The van der Waals surface area contributed by atoms with Gasteiger partial charge in [-0.25, -0.2) is 0 Å². The number of fused-ring (bicyclic) bond motifs is 1. The van der Waals surface area contributed by atoms with E-state index in [4.69, 9.17) is 9.47 Å². The predicted octanol–water partition coefficient (Wildman–Crippen LogP) is 3.49. The quantitative estimate of drug-likeness (QED) is 0.720. The maximum atomic E-state index is 13.8. The molecule has 1 fully saturated rings. The van der Waals surface area contributed by atoms with Crippen LogP contribution in [0.5, 0.6) is 11.5 Å². The highest BCUT2D eigenvalue weighted by Crippen LogP contribution is 2.41. The average molecular weight is 437 g/mol. The summed E-state index contributed by atoms with van der Waals surface area (Å²) < 4.78 is 11.1. The van der Waals surface area contributed by atoms with Crippen molar-refractivity contribution in [2.24, 2.45) is 11.8 Å². The van der Waals surface area contributed by atoms with Gasteiger partial charge < -0.3 is 19.3 Å². The maximum absolute atomic E-state index is 13.8. The molecule has 6 heteroatoms. The largest absolute Gasteiger partial charge is 0.497 e. The Morgan fingerprint density at radius 2 is 1.72 bits per heavy atom. The Hall–Kier alpha value is -3.02.